The zero-order valence-electron chi connectivity index (χ0n) is 7.45. The van der Waals surface area contributed by atoms with E-state index in [1.54, 1.807) is 6.07 Å². The van der Waals surface area contributed by atoms with Gasteiger partial charge >= 0.3 is 0 Å². The number of alkyl halides is 1. The van der Waals surface area contributed by atoms with Gasteiger partial charge in [0.15, 0.2) is 0 Å². The lowest BCUT2D eigenvalue weighted by atomic mass is 10.0. The van der Waals surface area contributed by atoms with Crippen molar-refractivity contribution in [2.75, 3.05) is 5.73 Å². The molecule has 76 valence electrons. The average Bonchev–Trinajstić information content (AvgIpc) is 1.86. The molecule has 0 amide bonds. The smallest absolute Gasteiger partial charge is 0.132 e. The van der Waals surface area contributed by atoms with Crippen molar-refractivity contribution in [3.63, 3.8) is 0 Å². The Morgan fingerprint density at radius 1 is 1.31 bits per heavy atom. The molecule has 0 atom stereocenters. The summed E-state index contributed by atoms with van der Waals surface area (Å²) in [5.74, 6) is 0. The van der Waals surface area contributed by atoms with Crippen LogP contribution in [0.1, 0.15) is 19.4 Å². The van der Waals surface area contributed by atoms with Crippen LogP contribution in [-0.2, 0) is 5.67 Å². The third-order valence-electron chi connectivity index (χ3n) is 1.45. The van der Waals surface area contributed by atoms with E-state index in [1.165, 1.54) is 26.2 Å². The third-order valence-corrected chi connectivity index (χ3v) is 1.45. The van der Waals surface area contributed by atoms with Crippen LogP contribution in [0, 0.1) is 0 Å². The summed E-state index contributed by atoms with van der Waals surface area (Å²) in [6.45, 7) is 2.95. The zero-order valence-corrected chi connectivity index (χ0v) is 9.08. The fraction of sp³-hybridized carbons (Fsp3) is 0.375. The van der Waals surface area contributed by atoms with Gasteiger partial charge in [0.2, 0.25) is 0 Å². The van der Waals surface area contributed by atoms with Crippen LogP contribution in [0.2, 0.25) is 0 Å². The summed E-state index contributed by atoms with van der Waals surface area (Å²) in [7, 11) is 0. The summed E-state index contributed by atoms with van der Waals surface area (Å²) in [5, 5.41) is 0. The minimum Gasteiger partial charge on any atom is -0.397 e. The minimum absolute atomic E-state index is 0. The van der Waals surface area contributed by atoms with Crippen molar-refractivity contribution in [2.24, 2.45) is 0 Å². The molecule has 0 saturated heterocycles. The second kappa shape index (κ2) is 5.25. The molecule has 0 aliphatic carbocycles. The standard InChI is InChI=1S/C8H11FN2.2ClH/c1-8(2,9)6-3-7(10)5-11-4-6;;/h3-5H,10H2,1-2H3;2*1H. The Bertz CT molecular complexity index is 261. The number of anilines is 1. The van der Waals surface area contributed by atoms with Crippen LogP contribution >= 0.6 is 24.8 Å². The number of hydrogen-bond donors (Lipinski definition) is 1. The van der Waals surface area contributed by atoms with Crippen molar-refractivity contribution in [2.45, 2.75) is 19.5 Å². The normalized spacial score (nSPS) is 9.77. The van der Waals surface area contributed by atoms with Crippen molar-refractivity contribution in [1.29, 1.82) is 0 Å². The molecule has 0 aliphatic heterocycles. The Balaban J connectivity index is 0. The van der Waals surface area contributed by atoms with Gasteiger partial charge < -0.3 is 5.73 Å². The number of nitrogens with zero attached hydrogens (tertiary/aromatic N) is 1. The molecular formula is C8H13Cl2FN2. The molecule has 0 fully saturated rings. The van der Waals surface area contributed by atoms with Crippen LogP contribution in [0.4, 0.5) is 10.1 Å². The first-order chi connectivity index (χ1) is 5.00. The van der Waals surface area contributed by atoms with E-state index in [-0.39, 0.29) is 24.8 Å². The number of hydrogen-bond acceptors (Lipinski definition) is 2. The Morgan fingerprint density at radius 3 is 2.15 bits per heavy atom. The molecule has 2 N–H and O–H groups in total. The van der Waals surface area contributed by atoms with Crippen molar-refractivity contribution >= 4 is 30.5 Å². The number of aromatic nitrogens is 1. The van der Waals surface area contributed by atoms with E-state index in [9.17, 15) is 4.39 Å². The van der Waals surface area contributed by atoms with Gasteiger partial charge in [0.25, 0.3) is 0 Å². The van der Waals surface area contributed by atoms with Crippen molar-refractivity contribution in [1.82, 2.24) is 4.98 Å². The summed E-state index contributed by atoms with van der Waals surface area (Å²) in [6.07, 6.45) is 2.98. The maximum Gasteiger partial charge on any atom is 0.132 e. The predicted octanol–water partition coefficient (Wildman–Crippen LogP) is 2.71. The monoisotopic (exact) mass is 226 g/mol. The van der Waals surface area contributed by atoms with Gasteiger partial charge in [-0.05, 0) is 19.9 Å². The van der Waals surface area contributed by atoms with Crippen molar-refractivity contribution < 1.29 is 4.39 Å². The molecule has 0 aromatic carbocycles. The van der Waals surface area contributed by atoms with E-state index in [0.717, 1.165) is 0 Å². The number of nitrogens with two attached hydrogens (primary N) is 1. The highest BCUT2D eigenvalue weighted by atomic mass is 35.5. The third kappa shape index (κ3) is 4.29. The number of halogens is 3. The highest BCUT2D eigenvalue weighted by molar-refractivity contribution is 5.85. The second-order valence-electron chi connectivity index (χ2n) is 2.98. The van der Waals surface area contributed by atoms with Gasteiger partial charge in [0.1, 0.15) is 5.67 Å². The maximum absolute atomic E-state index is 13.2. The van der Waals surface area contributed by atoms with Crippen LogP contribution in [0.25, 0.3) is 0 Å². The SMILES string of the molecule is CC(C)(F)c1cncc(N)c1.Cl.Cl. The highest BCUT2D eigenvalue weighted by Crippen LogP contribution is 2.24. The van der Waals surface area contributed by atoms with Gasteiger partial charge in [0, 0.05) is 18.0 Å². The average molecular weight is 227 g/mol. The highest BCUT2D eigenvalue weighted by Gasteiger charge is 2.18. The summed E-state index contributed by atoms with van der Waals surface area (Å²) < 4.78 is 13.2. The molecule has 0 spiro atoms. The predicted molar refractivity (Wildman–Crippen MR) is 57.3 cm³/mol. The lowest BCUT2D eigenvalue weighted by molar-refractivity contribution is 0.221. The molecule has 1 rings (SSSR count). The molecule has 5 heteroatoms. The molecule has 1 heterocycles. The first kappa shape index (κ1) is 15.0. The fourth-order valence-electron chi connectivity index (χ4n) is 0.783. The largest absolute Gasteiger partial charge is 0.397 e. The van der Waals surface area contributed by atoms with Crippen LogP contribution in [-0.4, -0.2) is 4.98 Å². The van der Waals surface area contributed by atoms with E-state index in [4.69, 9.17) is 5.73 Å². The van der Waals surface area contributed by atoms with E-state index in [1.807, 2.05) is 0 Å². The quantitative estimate of drug-likeness (QED) is 0.801. The molecular weight excluding hydrogens is 214 g/mol. The molecule has 2 nitrogen and oxygen atoms in total. The van der Waals surface area contributed by atoms with Crippen LogP contribution in [0.5, 0.6) is 0 Å². The van der Waals surface area contributed by atoms with Crippen LogP contribution in [0.3, 0.4) is 0 Å². The topological polar surface area (TPSA) is 38.9 Å². The molecule has 1 aromatic heterocycles. The first-order valence-electron chi connectivity index (χ1n) is 3.40. The van der Waals surface area contributed by atoms with Gasteiger partial charge in [-0.25, -0.2) is 4.39 Å². The Morgan fingerprint density at radius 2 is 1.85 bits per heavy atom. The number of nitrogen functional groups attached to an aromatic ring is 1. The molecule has 13 heavy (non-hydrogen) atoms. The Kier molecular flexibility index (Phi) is 6.04. The summed E-state index contributed by atoms with van der Waals surface area (Å²) in [5.41, 5.74) is 5.07. The fourth-order valence-corrected chi connectivity index (χ4v) is 0.783. The minimum atomic E-state index is -1.36. The van der Waals surface area contributed by atoms with E-state index < -0.39 is 5.67 Å². The van der Waals surface area contributed by atoms with Gasteiger partial charge in [-0.3, -0.25) is 4.98 Å². The number of rotatable bonds is 1. The van der Waals surface area contributed by atoms with Gasteiger partial charge in [0.05, 0.1) is 5.69 Å². The van der Waals surface area contributed by atoms with Crippen molar-refractivity contribution in [3.8, 4) is 0 Å². The lowest BCUT2D eigenvalue weighted by Crippen LogP contribution is -2.09. The summed E-state index contributed by atoms with van der Waals surface area (Å²) in [6, 6.07) is 1.59. The van der Waals surface area contributed by atoms with Gasteiger partial charge in [-0.15, -0.1) is 24.8 Å². The number of pyridine rings is 1. The molecule has 0 radical (unpaired) electrons. The van der Waals surface area contributed by atoms with Crippen molar-refractivity contribution in [3.05, 3.63) is 24.0 Å². The molecule has 0 aliphatic rings. The lowest BCUT2D eigenvalue weighted by Gasteiger charge is -2.13. The summed E-state index contributed by atoms with van der Waals surface area (Å²) in [4.78, 5) is 3.79. The van der Waals surface area contributed by atoms with E-state index in [2.05, 4.69) is 4.98 Å². The van der Waals surface area contributed by atoms with E-state index in [0.29, 0.717) is 11.3 Å². The Labute approximate surface area is 89.6 Å². The summed E-state index contributed by atoms with van der Waals surface area (Å²) >= 11 is 0. The zero-order chi connectivity index (χ0) is 8.48. The molecule has 1 aromatic rings. The second-order valence-corrected chi connectivity index (χ2v) is 2.98. The first-order valence-corrected chi connectivity index (χ1v) is 3.40. The van der Waals surface area contributed by atoms with Crippen LogP contribution in [0.15, 0.2) is 18.5 Å². The molecule has 0 unspecified atom stereocenters. The van der Waals surface area contributed by atoms with E-state index >= 15 is 0 Å². The Hall–Kier alpha value is -0.540. The molecule has 0 saturated carbocycles. The van der Waals surface area contributed by atoms with Crippen LogP contribution < -0.4 is 5.73 Å². The van der Waals surface area contributed by atoms with Gasteiger partial charge in [-0.1, -0.05) is 0 Å². The van der Waals surface area contributed by atoms with Gasteiger partial charge in [-0.2, -0.15) is 0 Å². The maximum atomic E-state index is 13.2. The molecule has 0 bridgehead atoms.